The molecule has 0 spiro atoms. The van der Waals surface area contributed by atoms with Crippen molar-refractivity contribution in [3.05, 3.63) is 24.0 Å². The van der Waals surface area contributed by atoms with Crippen LogP contribution in [0.25, 0.3) is 0 Å². The standard InChI is InChI=1S/C27H44FN7O4.3ClH/c1-2-3-4-5-6-12-34(25(36)23(29)8-7-11-32-26(30)31)18-21-19-35(27(37)39-21)20-9-10-24(22(28)17-20)33-13-15-38-16-14-33;;;/h9-10,17,21,23H,2-8,11-16,18-19,29H2,1H3,(H4,30,31,32);3*1H/t21-,23-;;;/m0.../s1. The number of aliphatic imine (C=N–C) groups is 1. The van der Waals surface area contributed by atoms with Crippen LogP contribution in [-0.2, 0) is 14.3 Å². The van der Waals surface area contributed by atoms with Gasteiger partial charge < -0.3 is 36.5 Å². The summed E-state index contributed by atoms with van der Waals surface area (Å²) in [6.07, 6.45) is 5.12. The first-order valence-electron chi connectivity index (χ1n) is 14.0. The van der Waals surface area contributed by atoms with E-state index in [1.165, 1.54) is 11.0 Å². The highest BCUT2D eigenvalue weighted by molar-refractivity contribution is 5.90. The largest absolute Gasteiger partial charge is 0.442 e. The summed E-state index contributed by atoms with van der Waals surface area (Å²) >= 11 is 0. The molecule has 0 unspecified atom stereocenters. The minimum atomic E-state index is -0.704. The number of unbranched alkanes of at least 4 members (excludes halogenated alkanes) is 4. The van der Waals surface area contributed by atoms with Crippen LogP contribution in [0.1, 0.15) is 51.9 Å². The van der Waals surface area contributed by atoms with Crippen LogP contribution in [0, 0.1) is 5.82 Å². The van der Waals surface area contributed by atoms with Crippen LogP contribution in [0.3, 0.4) is 0 Å². The van der Waals surface area contributed by atoms with Gasteiger partial charge in [0.2, 0.25) is 5.91 Å². The van der Waals surface area contributed by atoms with Gasteiger partial charge in [-0.15, -0.1) is 37.2 Å². The summed E-state index contributed by atoms with van der Waals surface area (Å²) in [5.74, 6) is -0.585. The van der Waals surface area contributed by atoms with Crippen molar-refractivity contribution in [2.75, 3.05) is 62.3 Å². The quantitative estimate of drug-likeness (QED) is 0.147. The van der Waals surface area contributed by atoms with Gasteiger partial charge in [0.05, 0.1) is 43.7 Å². The molecule has 2 aliphatic rings. The smallest absolute Gasteiger partial charge is 0.414 e. The van der Waals surface area contributed by atoms with Crippen molar-refractivity contribution in [2.24, 2.45) is 22.2 Å². The van der Waals surface area contributed by atoms with Crippen LogP contribution >= 0.6 is 37.2 Å². The summed E-state index contributed by atoms with van der Waals surface area (Å²) in [6, 6.07) is 4.06. The first kappa shape index (κ1) is 39.8. The molecule has 2 fully saturated rings. The van der Waals surface area contributed by atoms with Crippen molar-refractivity contribution < 1.29 is 23.5 Å². The van der Waals surface area contributed by atoms with Crippen molar-refractivity contribution in [3.63, 3.8) is 0 Å². The Morgan fingerprint density at radius 2 is 1.81 bits per heavy atom. The van der Waals surface area contributed by atoms with Crippen molar-refractivity contribution in [3.8, 4) is 0 Å². The SMILES string of the molecule is CCCCCCCN(C[C@H]1CN(c2ccc(N3CCOCC3)c(F)c2)C(=O)O1)C(=O)[C@@H](N)CCCN=C(N)N.Cl.Cl.Cl. The van der Waals surface area contributed by atoms with Crippen molar-refractivity contribution in [2.45, 2.75) is 64.0 Å². The van der Waals surface area contributed by atoms with E-state index in [1.807, 2.05) is 4.90 Å². The summed E-state index contributed by atoms with van der Waals surface area (Å²) in [5.41, 5.74) is 17.9. The second kappa shape index (κ2) is 20.6. The molecule has 0 bridgehead atoms. The third-order valence-electron chi connectivity index (χ3n) is 7.02. The number of hydrogen-bond acceptors (Lipinski definition) is 7. The highest BCUT2D eigenvalue weighted by atomic mass is 35.5. The van der Waals surface area contributed by atoms with E-state index in [2.05, 4.69) is 11.9 Å². The summed E-state index contributed by atoms with van der Waals surface area (Å²) in [4.78, 5) is 34.9. The highest BCUT2D eigenvalue weighted by Crippen LogP contribution is 2.28. The predicted molar refractivity (Wildman–Crippen MR) is 172 cm³/mol. The number of ether oxygens (including phenoxy) is 2. The number of hydrogen-bond donors (Lipinski definition) is 3. The Kier molecular flexibility index (Phi) is 19.5. The molecule has 0 radical (unpaired) electrons. The number of nitrogens with zero attached hydrogens (tertiary/aromatic N) is 4. The van der Waals surface area contributed by atoms with Crippen LogP contribution in [-0.4, -0.2) is 87.5 Å². The molecule has 0 saturated carbocycles. The number of rotatable bonds is 15. The lowest BCUT2D eigenvalue weighted by molar-refractivity contribution is -0.134. The number of benzene rings is 1. The molecule has 0 aliphatic carbocycles. The highest BCUT2D eigenvalue weighted by Gasteiger charge is 2.35. The Hall–Kier alpha value is -2.25. The number of carbonyl (C=O) groups excluding carboxylic acids is 2. The molecule has 11 nitrogen and oxygen atoms in total. The molecule has 3 rings (SSSR count). The van der Waals surface area contributed by atoms with Crippen molar-refractivity contribution in [1.82, 2.24) is 4.90 Å². The zero-order chi connectivity index (χ0) is 28.2. The number of amides is 2. The maximum Gasteiger partial charge on any atom is 0.414 e. The Morgan fingerprint density at radius 3 is 2.45 bits per heavy atom. The number of guanidine groups is 1. The van der Waals surface area contributed by atoms with Gasteiger partial charge in [-0.05, 0) is 37.5 Å². The van der Waals surface area contributed by atoms with Gasteiger partial charge in [-0.2, -0.15) is 0 Å². The minimum Gasteiger partial charge on any atom is -0.442 e. The topological polar surface area (TPSA) is 153 Å². The molecule has 15 heteroatoms. The van der Waals surface area contributed by atoms with E-state index < -0.39 is 24.1 Å². The maximum absolute atomic E-state index is 15.0. The summed E-state index contributed by atoms with van der Waals surface area (Å²) in [5, 5.41) is 0. The number of halogens is 4. The Labute approximate surface area is 266 Å². The van der Waals surface area contributed by atoms with E-state index in [1.54, 1.807) is 17.0 Å². The summed E-state index contributed by atoms with van der Waals surface area (Å²) in [7, 11) is 0. The van der Waals surface area contributed by atoms with Crippen LogP contribution < -0.4 is 27.0 Å². The molecule has 42 heavy (non-hydrogen) atoms. The molecule has 2 saturated heterocycles. The average molecular weight is 659 g/mol. The van der Waals surface area contributed by atoms with E-state index in [9.17, 15) is 14.0 Å². The molecule has 6 N–H and O–H groups in total. The Morgan fingerprint density at radius 1 is 1.12 bits per heavy atom. The van der Waals surface area contributed by atoms with Crippen molar-refractivity contribution in [1.29, 1.82) is 0 Å². The predicted octanol–water partition coefficient (Wildman–Crippen LogP) is 3.43. The number of cyclic esters (lactones) is 1. The second-order valence-electron chi connectivity index (χ2n) is 10.1. The summed E-state index contributed by atoms with van der Waals surface area (Å²) in [6.45, 7) is 5.85. The van der Waals surface area contributed by atoms with Gasteiger partial charge in [-0.1, -0.05) is 32.6 Å². The molecule has 2 amide bonds. The molecular weight excluding hydrogens is 612 g/mol. The second-order valence-corrected chi connectivity index (χ2v) is 10.1. The number of morpholine rings is 1. The third kappa shape index (κ3) is 12.2. The zero-order valence-electron chi connectivity index (χ0n) is 24.2. The van der Waals surface area contributed by atoms with Gasteiger partial charge in [0.1, 0.15) is 11.9 Å². The van der Waals surface area contributed by atoms with Gasteiger partial charge in [-0.3, -0.25) is 14.7 Å². The van der Waals surface area contributed by atoms with Gasteiger partial charge in [0, 0.05) is 26.2 Å². The number of nitrogens with two attached hydrogens (primary N) is 3. The lowest BCUT2D eigenvalue weighted by atomic mass is 10.1. The van der Waals surface area contributed by atoms with E-state index in [-0.39, 0.29) is 62.2 Å². The maximum atomic E-state index is 15.0. The van der Waals surface area contributed by atoms with Gasteiger partial charge in [0.15, 0.2) is 5.96 Å². The Bertz CT molecular complexity index is 985. The normalized spacial score (nSPS) is 16.8. The fourth-order valence-electron chi connectivity index (χ4n) is 4.87. The molecule has 2 atom stereocenters. The van der Waals surface area contributed by atoms with E-state index in [0.717, 1.165) is 32.1 Å². The van der Waals surface area contributed by atoms with Gasteiger partial charge in [-0.25, -0.2) is 9.18 Å². The molecule has 0 aromatic heterocycles. The average Bonchev–Trinajstić information content (AvgIpc) is 3.29. The number of anilines is 2. The summed E-state index contributed by atoms with van der Waals surface area (Å²) < 4.78 is 25.9. The van der Waals surface area contributed by atoms with Crippen LogP contribution in [0.15, 0.2) is 23.2 Å². The van der Waals surface area contributed by atoms with Gasteiger partial charge in [0.25, 0.3) is 0 Å². The molecule has 1 aromatic rings. The Balaban J connectivity index is 0.00000560. The van der Waals surface area contributed by atoms with Crippen LogP contribution in [0.2, 0.25) is 0 Å². The zero-order valence-corrected chi connectivity index (χ0v) is 26.7. The third-order valence-corrected chi connectivity index (χ3v) is 7.02. The monoisotopic (exact) mass is 657 g/mol. The first-order valence-corrected chi connectivity index (χ1v) is 14.0. The van der Waals surface area contributed by atoms with Gasteiger partial charge >= 0.3 is 6.09 Å². The lowest BCUT2D eigenvalue weighted by Gasteiger charge is -2.29. The van der Waals surface area contributed by atoms with Crippen LogP contribution in [0.4, 0.5) is 20.6 Å². The molecule has 1 aromatic carbocycles. The van der Waals surface area contributed by atoms with Crippen molar-refractivity contribution >= 4 is 66.6 Å². The fourth-order valence-corrected chi connectivity index (χ4v) is 4.87. The minimum absolute atomic E-state index is 0. The first-order chi connectivity index (χ1) is 18.8. The fraction of sp³-hybridized carbons (Fsp3) is 0.667. The van der Waals surface area contributed by atoms with E-state index >= 15 is 0 Å². The van der Waals surface area contributed by atoms with E-state index in [0.29, 0.717) is 63.6 Å². The van der Waals surface area contributed by atoms with E-state index in [4.69, 9.17) is 26.7 Å². The molecular formula is C27H47Cl3FN7O4. The lowest BCUT2D eigenvalue weighted by Crippen LogP contribution is -2.47. The van der Waals surface area contributed by atoms with Crippen LogP contribution in [0.5, 0.6) is 0 Å². The molecule has 242 valence electrons. The molecule has 2 heterocycles. The molecule has 2 aliphatic heterocycles. The number of carbonyl (C=O) groups is 2.